The van der Waals surface area contributed by atoms with E-state index in [0.29, 0.717) is 32.3 Å². The SMILES string of the molecule is CCCCCCCCCCOC(=O)CCCCC(=O)OC(CC)CCCC. The van der Waals surface area contributed by atoms with Crippen LogP contribution in [0.3, 0.4) is 0 Å². The van der Waals surface area contributed by atoms with Gasteiger partial charge in [0.2, 0.25) is 0 Å². The molecule has 0 radical (unpaired) electrons. The highest BCUT2D eigenvalue weighted by molar-refractivity contribution is 5.70. The van der Waals surface area contributed by atoms with E-state index in [-0.39, 0.29) is 18.0 Å². The van der Waals surface area contributed by atoms with E-state index in [1.165, 1.54) is 38.5 Å². The summed E-state index contributed by atoms with van der Waals surface area (Å²) >= 11 is 0. The van der Waals surface area contributed by atoms with Gasteiger partial charge in [-0.15, -0.1) is 0 Å². The fraction of sp³-hybridized carbons (Fsp3) is 0.913. The monoisotopic (exact) mass is 384 g/mol. The van der Waals surface area contributed by atoms with E-state index in [0.717, 1.165) is 38.5 Å². The number of hydrogen-bond donors (Lipinski definition) is 0. The molecule has 0 fully saturated rings. The van der Waals surface area contributed by atoms with E-state index in [1.807, 2.05) is 0 Å². The van der Waals surface area contributed by atoms with Crippen LogP contribution in [0.25, 0.3) is 0 Å². The number of esters is 2. The highest BCUT2D eigenvalue weighted by Gasteiger charge is 2.12. The van der Waals surface area contributed by atoms with Gasteiger partial charge in [0.15, 0.2) is 0 Å². The number of unbranched alkanes of at least 4 members (excludes halogenated alkanes) is 9. The Morgan fingerprint density at radius 3 is 1.81 bits per heavy atom. The van der Waals surface area contributed by atoms with Gasteiger partial charge in [0.25, 0.3) is 0 Å². The lowest BCUT2D eigenvalue weighted by atomic mass is 10.1. The fourth-order valence-corrected chi connectivity index (χ4v) is 3.06. The first-order valence-electron chi connectivity index (χ1n) is 11.5. The molecule has 0 aromatic heterocycles. The molecule has 0 bridgehead atoms. The third-order valence-corrected chi connectivity index (χ3v) is 4.91. The molecule has 0 aliphatic heterocycles. The minimum atomic E-state index is -0.138. The first-order chi connectivity index (χ1) is 13.1. The average molecular weight is 385 g/mol. The Morgan fingerprint density at radius 1 is 0.667 bits per heavy atom. The van der Waals surface area contributed by atoms with Gasteiger partial charge in [-0.05, 0) is 32.1 Å². The molecule has 1 unspecified atom stereocenters. The second kappa shape index (κ2) is 19.7. The zero-order chi connectivity index (χ0) is 20.2. The van der Waals surface area contributed by atoms with Gasteiger partial charge in [0.05, 0.1) is 6.61 Å². The summed E-state index contributed by atoms with van der Waals surface area (Å²) < 4.78 is 10.8. The Balaban J connectivity index is 3.48. The third-order valence-electron chi connectivity index (χ3n) is 4.91. The highest BCUT2D eigenvalue weighted by atomic mass is 16.5. The van der Waals surface area contributed by atoms with E-state index >= 15 is 0 Å². The zero-order valence-corrected chi connectivity index (χ0v) is 18.2. The molecule has 1 atom stereocenters. The van der Waals surface area contributed by atoms with Crippen LogP contribution in [0.1, 0.15) is 124 Å². The maximum atomic E-state index is 11.8. The van der Waals surface area contributed by atoms with E-state index in [1.54, 1.807) is 0 Å². The first kappa shape index (κ1) is 25.9. The molecule has 0 aliphatic carbocycles. The van der Waals surface area contributed by atoms with Gasteiger partial charge in [-0.2, -0.15) is 0 Å². The van der Waals surface area contributed by atoms with E-state index < -0.39 is 0 Å². The van der Waals surface area contributed by atoms with E-state index in [2.05, 4.69) is 20.8 Å². The van der Waals surface area contributed by atoms with Crippen LogP contribution in [0.4, 0.5) is 0 Å². The Labute approximate surface area is 167 Å². The first-order valence-corrected chi connectivity index (χ1v) is 11.5. The van der Waals surface area contributed by atoms with Crippen LogP contribution in [0, 0.1) is 0 Å². The van der Waals surface area contributed by atoms with Crippen molar-refractivity contribution in [2.45, 2.75) is 130 Å². The predicted molar refractivity (Wildman–Crippen MR) is 112 cm³/mol. The summed E-state index contributed by atoms with van der Waals surface area (Å²) in [7, 11) is 0. The van der Waals surface area contributed by atoms with Crippen molar-refractivity contribution in [1.82, 2.24) is 0 Å². The number of ether oxygens (including phenoxy) is 2. The van der Waals surface area contributed by atoms with Crippen LogP contribution in [-0.4, -0.2) is 24.6 Å². The Bertz CT molecular complexity index is 354. The van der Waals surface area contributed by atoms with Crippen LogP contribution in [0.5, 0.6) is 0 Å². The normalized spacial score (nSPS) is 12.0. The molecule has 0 aliphatic rings. The van der Waals surface area contributed by atoms with Gasteiger partial charge in [-0.1, -0.05) is 78.6 Å². The smallest absolute Gasteiger partial charge is 0.306 e. The summed E-state index contributed by atoms with van der Waals surface area (Å²) in [5.41, 5.74) is 0. The lowest BCUT2D eigenvalue weighted by Crippen LogP contribution is -2.17. The molecule has 0 saturated heterocycles. The second-order valence-corrected chi connectivity index (χ2v) is 7.56. The number of carbonyl (C=O) groups is 2. The fourth-order valence-electron chi connectivity index (χ4n) is 3.06. The Hall–Kier alpha value is -1.06. The largest absolute Gasteiger partial charge is 0.466 e. The van der Waals surface area contributed by atoms with Crippen LogP contribution in [0.2, 0.25) is 0 Å². The summed E-state index contributed by atoms with van der Waals surface area (Å²) in [6.07, 6.45) is 16.2. The molecule has 0 heterocycles. The summed E-state index contributed by atoms with van der Waals surface area (Å²) in [5, 5.41) is 0. The number of carbonyl (C=O) groups excluding carboxylic acids is 2. The molecule has 0 rings (SSSR count). The molecule has 0 saturated carbocycles. The molecule has 0 N–H and O–H groups in total. The highest BCUT2D eigenvalue weighted by Crippen LogP contribution is 2.12. The standard InChI is InChI=1S/C23H44O4/c1-4-7-9-10-11-12-13-16-20-26-22(24)18-14-15-19-23(25)27-21(6-3)17-8-5-2/h21H,4-20H2,1-3H3. The van der Waals surface area contributed by atoms with Crippen molar-refractivity contribution in [3.63, 3.8) is 0 Å². The van der Waals surface area contributed by atoms with Gasteiger partial charge < -0.3 is 9.47 Å². The van der Waals surface area contributed by atoms with Crippen molar-refractivity contribution in [2.75, 3.05) is 6.61 Å². The summed E-state index contributed by atoms with van der Waals surface area (Å²) in [6, 6.07) is 0. The Morgan fingerprint density at radius 2 is 1.22 bits per heavy atom. The van der Waals surface area contributed by atoms with Gasteiger partial charge in [0.1, 0.15) is 6.10 Å². The van der Waals surface area contributed by atoms with Crippen LogP contribution < -0.4 is 0 Å². The van der Waals surface area contributed by atoms with Crippen LogP contribution >= 0.6 is 0 Å². The predicted octanol–water partition coefficient (Wildman–Crippen LogP) is 6.74. The number of rotatable bonds is 19. The maximum Gasteiger partial charge on any atom is 0.306 e. The number of hydrogen-bond acceptors (Lipinski definition) is 4. The molecule has 27 heavy (non-hydrogen) atoms. The minimum absolute atomic E-state index is 0.0501. The maximum absolute atomic E-state index is 11.8. The average Bonchev–Trinajstić information content (AvgIpc) is 2.67. The van der Waals surface area contributed by atoms with Crippen molar-refractivity contribution in [3.05, 3.63) is 0 Å². The summed E-state index contributed by atoms with van der Waals surface area (Å²) in [4.78, 5) is 23.5. The molecule has 160 valence electrons. The molecule has 0 amide bonds. The molecular formula is C23H44O4. The zero-order valence-electron chi connectivity index (χ0n) is 18.2. The topological polar surface area (TPSA) is 52.6 Å². The van der Waals surface area contributed by atoms with Gasteiger partial charge >= 0.3 is 11.9 Å². The van der Waals surface area contributed by atoms with Crippen molar-refractivity contribution >= 4 is 11.9 Å². The molecular weight excluding hydrogens is 340 g/mol. The quantitative estimate of drug-likeness (QED) is 0.183. The van der Waals surface area contributed by atoms with Gasteiger partial charge in [0, 0.05) is 12.8 Å². The lowest BCUT2D eigenvalue weighted by molar-refractivity contribution is -0.150. The molecule has 0 spiro atoms. The van der Waals surface area contributed by atoms with Gasteiger partial charge in [-0.25, -0.2) is 0 Å². The molecule has 0 aromatic rings. The van der Waals surface area contributed by atoms with Gasteiger partial charge in [-0.3, -0.25) is 9.59 Å². The van der Waals surface area contributed by atoms with Crippen molar-refractivity contribution < 1.29 is 19.1 Å². The van der Waals surface area contributed by atoms with E-state index in [9.17, 15) is 9.59 Å². The van der Waals surface area contributed by atoms with Crippen molar-refractivity contribution in [2.24, 2.45) is 0 Å². The molecule has 0 aromatic carbocycles. The molecule has 4 heteroatoms. The lowest BCUT2D eigenvalue weighted by Gasteiger charge is -2.15. The summed E-state index contributed by atoms with van der Waals surface area (Å²) in [5.74, 6) is -0.272. The van der Waals surface area contributed by atoms with Crippen LogP contribution in [-0.2, 0) is 19.1 Å². The summed E-state index contributed by atoms with van der Waals surface area (Å²) in [6.45, 7) is 6.96. The van der Waals surface area contributed by atoms with Crippen molar-refractivity contribution in [3.8, 4) is 0 Å². The van der Waals surface area contributed by atoms with Crippen LogP contribution in [0.15, 0.2) is 0 Å². The Kier molecular flexibility index (Phi) is 18.9. The van der Waals surface area contributed by atoms with E-state index in [4.69, 9.17) is 9.47 Å². The minimum Gasteiger partial charge on any atom is -0.466 e. The molecule has 4 nitrogen and oxygen atoms in total. The second-order valence-electron chi connectivity index (χ2n) is 7.56. The van der Waals surface area contributed by atoms with Crippen molar-refractivity contribution in [1.29, 1.82) is 0 Å². The third kappa shape index (κ3) is 18.1.